The number of hydrogen-bond donors (Lipinski definition) is 1. The summed E-state index contributed by atoms with van der Waals surface area (Å²) in [5, 5.41) is 0. The third kappa shape index (κ3) is 3.63. The standard InChI is InChI=1S/C15H20BNO5.ClH/c1-9(2)15(18)20-8-10-7-19-12-5-3-4-11-13(6-17)22-16(21-10)14(11)12;/h3-5,9-10,13H,6-8,17H2,1-2H3;1H/t10-,13+;/m0./s1. The largest absolute Gasteiger partial charge is 0.499 e. The summed E-state index contributed by atoms with van der Waals surface area (Å²) >= 11 is 0. The quantitative estimate of drug-likeness (QED) is 0.645. The lowest BCUT2D eigenvalue weighted by Crippen LogP contribution is -2.38. The SMILES string of the molecule is CC(C)C(=O)OC[C@@H]1COc2cccc3c2B(O1)O[C@@H]3CN.Cl. The molecule has 3 rings (SSSR count). The second-order valence-corrected chi connectivity index (χ2v) is 5.81. The van der Waals surface area contributed by atoms with E-state index in [9.17, 15) is 4.79 Å². The van der Waals surface area contributed by atoms with Gasteiger partial charge in [0.15, 0.2) is 0 Å². The van der Waals surface area contributed by atoms with Crippen molar-refractivity contribution in [3.8, 4) is 5.75 Å². The Morgan fingerprint density at radius 3 is 2.91 bits per heavy atom. The lowest BCUT2D eigenvalue weighted by molar-refractivity contribution is -0.150. The Hall–Kier alpha value is -1.28. The van der Waals surface area contributed by atoms with Crippen LogP contribution in [-0.4, -0.2) is 39.0 Å². The van der Waals surface area contributed by atoms with Gasteiger partial charge in [0.25, 0.3) is 0 Å². The highest BCUT2D eigenvalue weighted by Crippen LogP contribution is 2.30. The molecule has 8 heteroatoms. The highest BCUT2D eigenvalue weighted by atomic mass is 35.5. The topological polar surface area (TPSA) is 80.0 Å². The fraction of sp³-hybridized carbons (Fsp3) is 0.533. The molecule has 2 N–H and O–H groups in total. The van der Waals surface area contributed by atoms with Gasteiger partial charge in [0.05, 0.1) is 12.0 Å². The Morgan fingerprint density at radius 2 is 2.22 bits per heavy atom. The maximum atomic E-state index is 11.6. The Kier molecular flexibility index (Phi) is 5.92. The predicted octanol–water partition coefficient (Wildman–Crippen LogP) is 0.810. The molecule has 0 saturated carbocycles. The average molecular weight is 342 g/mol. The van der Waals surface area contributed by atoms with Crippen LogP contribution in [0, 0.1) is 5.92 Å². The van der Waals surface area contributed by atoms with Crippen molar-refractivity contribution in [3.63, 3.8) is 0 Å². The molecule has 0 aromatic heterocycles. The number of nitrogens with two attached hydrogens (primary N) is 1. The maximum Gasteiger partial charge on any atom is 0.499 e. The number of carbonyl (C=O) groups excluding carboxylic acids is 1. The molecule has 2 aliphatic heterocycles. The molecule has 0 unspecified atom stereocenters. The third-order valence-corrected chi connectivity index (χ3v) is 3.81. The first-order valence-electron chi connectivity index (χ1n) is 7.53. The number of carbonyl (C=O) groups is 1. The van der Waals surface area contributed by atoms with Crippen LogP contribution in [0.1, 0.15) is 25.5 Å². The van der Waals surface area contributed by atoms with Crippen LogP contribution in [0.4, 0.5) is 0 Å². The van der Waals surface area contributed by atoms with Gasteiger partial charge in [0, 0.05) is 12.0 Å². The summed E-state index contributed by atoms with van der Waals surface area (Å²) in [6.07, 6.45) is -0.565. The molecule has 0 fully saturated rings. The number of benzene rings is 1. The smallest absolute Gasteiger partial charge is 0.491 e. The zero-order valence-electron chi connectivity index (χ0n) is 13.2. The van der Waals surface area contributed by atoms with E-state index < -0.39 is 7.12 Å². The van der Waals surface area contributed by atoms with Crippen LogP contribution in [0.25, 0.3) is 0 Å². The second kappa shape index (κ2) is 7.53. The Bertz CT molecular complexity index is 571. The van der Waals surface area contributed by atoms with Crippen LogP contribution in [-0.2, 0) is 18.8 Å². The molecule has 1 aromatic rings. The van der Waals surface area contributed by atoms with Crippen LogP contribution < -0.4 is 15.9 Å². The molecule has 0 saturated heterocycles. The van der Waals surface area contributed by atoms with Gasteiger partial charge in [-0.15, -0.1) is 12.4 Å². The molecule has 6 nitrogen and oxygen atoms in total. The predicted molar refractivity (Wildman–Crippen MR) is 88.1 cm³/mol. The molecule has 23 heavy (non-hydrogen) atoms. The van der Waals surface area contributed by atoms with Crippen molar-refractivity contribution in [1.82, 2.24) is 0 Å². The van der Waals surface area contributed by atoms with Gasteiger partial charge in [0.2, 0.25) is 0 Å². The molecule has 2 heterocycles. The summed E-state index contributed by atoms with van der Waals surface area (Å²) in [4.78, 5) is 11.6. The molecular formula is C15H21BClNO5. The summed E-state index contributed by atoms with van der Waals surface area (Å²) < 4.78 is 22.8. The summed E-state index contributed by atoms with van der Waals surface area (Å²) in [5.41, 5.74) is 7.65. The first kappa shape index (κ1) is 18.1. The van der Waals surface area contributed by atoms with Crippen LogP contribution in [0.3, 0.4) is 0 Å². The zero-order chi connectivity index (χ0) is 15.7. The highest BCUT2D eigenvalue weighted by molar-refractivity contribution is 6.64. The monoisotopic (exact) mass is 341 g/mol. The summed E-state index contributed by atoms with van der Waals surface area (Å²) in [6.45, 7) is 4.42. The lowest BCUT2D eigenvalue weighted by atomic mass is 9.77. The molecule has 2 aliphatic rings. The van der Waals surface area contributed by atoms with Crippen molar-refractivity contribution in [2.24, 2.45) is 11.7 Å². The van der Waals surface area contributed by atoms with Gasteiger partial charge in [-0.3, -0.25) is 4.79 Å². The van der Waals surface area contributed by atoms with Crippen molar-refractivity contribution < 1.29 is 23.6 Å². The van der Waals surface area contributed by atoms with Gasteiger partial charge in [-0.25, -0.2) is 0 Å². The molecule has 0 amide bonds. The minimum absolute atomic E-state index is 0. The second-order valence-electron chi connectivity index (χ2n) is 5.81. The number of esters is 1. The van der Waals surface area contributed by atoms with Gasteiger partial charge >= 0.3 is 13.1 Å². The van der Waals surface area contributed by atoms with Crippen molar-refractivity contribution in [3.05, 3.63) is 23.8 Å². The van der Waals surface area contributed by atoms with Crippen molar-refractivity contribution in [2.75, 3.05) is 19.8 Å². The molecule has 1 aromatic carbocycles. The minimum atomic E-state index is -0.523. The zero-order valence-corrected chi connectivity index (χ0v) is 14.0. The molecule has 0 bridgehead atoms. The Balaban J connectivity index is 0.00000192. The molecular weight excluding hydrogens is 320 g/mol. The van der Waals surface area contributed by atoms with Crippen molar-refractivity contribution in [2.45, 2.75) is 26.1 Å². The van der Waals surface area contributed by atoms with Crippen molar-refractivity contribution in [1.29, 1.82) is 0 Å². The van der Waals surface area contributed by atoms with E-state index in [-0.39, 0.29) is 43.1 Å². The summed E-state index contributed by atoms with van der Waals surface area (Å²) in [6, 6.07) is 5.78. The van der Waals surface area contributed by atoms with Gasteiger partial charge in [-0.2, -0.15) is 0 Å². The average Bonchev–Trinajstić information content (AvgIpc) is 2.77. The van der Waals surface area contributed by atoms with E-state index in [4.69, 9.17) is 24.5 Å². The number of hydrogen-bond acceptors (Lipinski definition) is 6. The fourth-order valence-corrected chi connectivity index (χ4v) is 2.62. The lowest BCUT2D eigenvalue weighted by Gasteiger charge is -2.19. The van der Waals surface area contributed by atoms with Gasteiger partial charge in [-0.05, 0) is 11.6 Å². The third-order valence-electron chi connectivity index (χ3n) is 3.81. The molecule has 0 spiro atoms. The van der Waals surface area contributed by atoms with Crippen LogP contribution >= 0.6 is 12.4 Å². The van der Waals surface area contributed by atoms with Crippen molar-refractivity contribution >= 4 is 31.0 Å². The van der Waals surface area contributed by atoms with E-state index in [1.54, 1.807) is 13.8 Å². The van der Waals surface area contributed by atoms with Crippen LogP contribution in [0.15, 0.2) is 18.2 Å². The van der Waals surface area contributed by atoms with E-state index >= 15 is 0 Å². The van der Waals surface area contributed by atoms with E-state index in [1.807, 2.05) is 18.2 Å². The Labute approximate surface area is 142 Å². The van der Waals surface area contributed by atoms with Gasteiger partial charge < -0.3 is 24.5 Å². The molecule has 0 radical (unpaired) electrons. The molecule has 2 atom stereocenters. The number of rotatable bonds is 4. The number of ether oxygens (including phenoxy) is 2. The summed E-state index contributed by atoms with van der Waals surface area (Å²) in [7, 11) is -0.523. The van der Waals surface area contributed by atoms with E-state index in [2.05, 4.69) is 0 Å². The molecule has 0 aliphatic carbocycles. The first-order chi connectivity index (χ1) is 10.6. The maximum absolute atomic E-state index is 11.6. The van der Waals surface area contributed by atoms with Gasteiger partial charge in [-0.1, -0.05) is 26.0 Å². The van der Waals surface area contributed by atoms with Crippen LogP contribution in [0.2, 0.25) is 0 Å². The Morgan fingerprint density at radius 1 is 1.43 bits per heavy atom. The van der Waals surface area contributed by atoms with E-state index in [0.29, 0.717) is 13.2 Å². The highest BCUT2D eigenvalue weighted by Gasteiger charge is 2.43. The van der Waals surface area contributed by atoms with Crippen LogP contribution in [0.5, 0.6) is 5.75 Å². The normalized spacial score (nSPS) is 22.0. The fourth-order valence-electron chi connectivity index (χ4n) is 2.62. The van der Waals surface area contributed by atoms with E-state index in [1.165, 1.54) is 0 Å². The minimum Gasteiger partial charge on any atom is -0.491 e. The molecule has 126 valence electrons. The first-order valence-corrected chi connectivity index (χ1v) is 7.53. The number of halogens is 1. The van der Waals surface area contributed by atoms with Gasteiger partial charge in [0.1, 0.15) is 25.1 Å². The van der Waals surface area contributed by atoms with E-state index in [0.717, 1.165) is 16.8 Å². The summed E-state index contributed by atoms with van der Waals surface area (Å²) in [5.74, 6) is 0.328.